The maximum Gasteiger partial charge on any atom is 0.309 e. The Morgan fingerprint density at radius 1 is 0.870 bits per heavy atom. The zero-order chi connectivity index (χ0) is 15.8. The van der Waals surface area contributed by atoms with Crippen LogP contribution in [0.5, 0.6) is 0 Å². The minimum Gasteiger partial charge on any atom is -0.462 e. The van der Waals surface area contributed by atoms with E-state index in [1.165, 1.54) is 0 Å². The molecule has 4 unspecified atom stereocenters. The van der Waals surface area contributed by atoms with E-state index in [1.54, 1.807) is 0 Å². The second-order valence-corrected chi connectivity index (χ2v) is 7.63. The Hall–Kier alpha value is -0.690. The molecule has 0 bridgehead atoms. The third kappa shape index (κ3) is 3.27. The summed E-state index contributed by atoms with van der Waals surface area (Å²) in [4.78, 5) is 33.8. The zero-order valence-corrected chi connectivity index (χ0v) is 13.6. The van der Waals surface area contributed by atoms with Gasteiger partial charge in [0.15, 0.2) is 0 Å². The summed E-state index contributed by atoms with van der Waals surface area (Å²) in [6.45, 7) is 1.27. The molecule has 0 radical (unpaired) electrons. The number of carbonyl (C=O) groups excluding carboxylic acids is 1. The highest BCUT2D eigenvalue weighted by atomic mass is 17.2. The van der Waals surface area contributed by atoms with Crippen LogP contribution in [0.2, 0.25) is 0 Å². The maximum atomic E-state index is 12.6. The first kappa shape index (κ1) is 15.8. The van der Waals surface area contributed by atoms with Crippen molar-refractivity contribution in [2.24, 2.45) is 5.92 Å². The Morgan fingerprint density at radius 2 is 1.52 bits per heavy atom. The summed E-state index contributed by atoms with van der Waals surface area (Å²) < 4.78 is 5.85. The normalized spacial score (nSPS) is 44.0. The molecule has 6 nitrogen and oxygen atoms in total. The first-order chi connectivity index (χ1) is 11.2. The SMILES string of the molecule is O=C(OC1CCCC2(CCOO2)C1)C1CCCC2(CCOO2)C1. The van der Waals surface area contributed by atoms with Crippen molar-refractivity contribution in [3.63, 3.8) is 0 Å². The molecule has 4 fully saturated rings. The van der Waals surface area contributed by atoms with E-state index >= 15 is 0 Å². The Labute approximate surface area is 136 Å². The Bertz CT molecular complexity index is 438. The molecule has 0 aromatic carbocycles. The van der Waals surface area contributed by atoms with Crippen LogP contribution < -0.4 is 0 Å². The van der Waals surface area contributed by atoms with Gasteiger partial charge in [0.2, 0.25) is 0 Å². The van der Waals surface area contributed by atoms with Gasteiger partial charge in [-0.3, -0.25) is 4.79 Å². The molecule has 6 heteroatoms. The molecule has 4 atom stereocenters. The molecule has 23 heavy (non-hydrogen) atoms. The number of hydrogen-bond acceptors (Lipinski definition) is 6. The van der Waals surface area contributed by atoms with E-state index in [1.807, 2.05) is 0 Å². The predicted octanol–water partition coefficient (Wildman–Crippen LogP) is 2.84. The molecular formula is C17H26O6. The molecule has 2 aliphatic carbocycles. The van der Waals surface area contributed by atoms with Gasteiger partial charge in [0.05, 0.1) is 19.1 Å². The average Bonchev–Trinajstić information content (AvgIpc) is 3.18. The summed E-state index contributed by atoms with van der Waals surface area (Å²) in [5.41, 5.74) is -0.475. The van der Waals surface area contributed by atoms with Crippen molar-refractivity contribution in [3.8, 4) is 0 Å². The van der Waals surface area contributed by atoms with Gasteiger partial charge >= 0.3 is 5.97 Å². The van der Waals surface area contributed by atoms with Crippen molar-refractivity contribution < 1.29 is 29.1 Å². The van der Waals surface area contributed by atoms with Gasteiger partial charge in [-0.05, 0) is 44.9 Å². The lowest BCUT2D eigenvalue weighted by Gasteiger charge is -2.37. The van der Waals surface area contributed by atoms with Crippen molar-refractivity contribution in [3.05, 3.63) is 0 Å². The van der Waals surface area contributed by atoms with Crippen LogP contribution in [0, 0.1) is 5.92 Å². The number of ether oxygens (including phenoxy) is 1. The van der Waals surface area contributed by atoms with Gasteiger partial charge in [-0.2, -0.15) is 0 Å². The van der Waals surface area contributed by atoms with E-state index in [4.69, 9.17) is 24.3 Å². The topological polar surface area (TPSA) is 63.2 Å². The quantitative estimate of drug-likeness (QED) is 0.574. The van der Waals surface area contributed by atoms with Crippen LogP contribution in [0.15, 0.2) is 0 Å². The molecule has 2 saturated carbocycles. The van der Waals surface area contributed by atoms with Gasteiger partial charge in [0.1, 0.15) is 17.3 Å². The molecule has 130 valence electrons. The molecule has 0 amide bonds. The second kappa shape index (κ2) is 6.31. The lowest BCUT2D eigenvalue weighted by molar-refractivity contribution is -0.320. The fourth-order valence-electron chi connectivity index (χ4n) is 4.63. The molecule has 0 aromatic heterocycles. The smallest absolute Gasteiger partial charge is 0.309 e. The summed E-state index contributed by atoms with van der Waals surface area (Å²) in [6.07, 6.45) is 9.04. The van der Waals surface area contributed by atoms with Crippen LogP contribution in [-0.4, -0.2) is 36.5 Å². The van der Waals surface area contributed by atoms with Gasteiger partial charge < -0.3 is 4.74 Å². The fourth-order valence-corrected chi connectivity index (χ4v) is 4.63. The first-order valence-electron chi connectivity index (χ1n) is 9.01. The van der Waals surface area contributed by atoms with Crippen LogP contribution in [-0.2, 0) is 29.1 Å². The number of rotatable bonds is 2. The van der Waals surface area contributed by atoms with Crippen molar-refractivity contribution in [2.45, 2.75) is 81.5 Å². The molecule has 2 aliphatic heterocycles. The van der Waals surface area contributed by atoms with E-state index in [0.717, 1.165) is 64.2 Å². The van der Waals surface area contributed by atoms with E-state index < -0.39 is 0 Å². The van der Waals surface area contributed by atoms with E-state index in [9.17, 15) is 4.79 Å². The van der Waals surface area contributed by atoms with Crippen LogP contribution in [0.3, 0.4) is 0 Å². The highest BCUT2D eigenvalue weighted by Gasteiger charge is 2.46. The number of carbonyl (C=O) groups is 1. The molecule has 2 heterocycles. The van der Waals surface area contributed by atoms with Crippen LogP contribution in [0.25, 0.3) is 0 Å². The van der Waals surface area contributed by atoms with Gasteiger partial charge in [0, 0.05) is 19.3 Å². The van der Waals surface area contributed by atoms with Gasteiger partial charge in [0.25, 0.3) is 0 Å². The molecule has 2 spiro atoms. The average molecular weight is 326 g/mol. The largest absolute Gasteiger partial charge is 0.462 e. The Balaban J connectivity index is 1.34. The van der Waals surface area contributed by atoms with Crippen LogP contribution in [0.1, 0.15) is 64.2 Å². The van der Waals surface area contributed by atoms with E-state index in [0.29, 0.717) is 13.2 Å². The van der Waals surface area contributed by atoms with E-state index in [-0.39, 0.29) is 29.2 Å². The highest BCUT2D eigenvalue weighted by Crippen LogP contribution is 2.43. The second-order valence-electron chi connectivity index (χ2n) is 7.63. The summed E-state index contributed by atoms with van der Waals surface area (Å²) in [5, 5.41) is 0. The Morgan fingerprint density at radius 3 is 2.17 bits per heavy atom. The highest BCUT2D eigenvalue weighted by molar-refractivity contribution is 5.73. The minimum absolute atomic E-state index is 0.0448. The van der Waals surface area contributed by atoms with Gasteiger partial charge in [-0.15, -0.1) is 0 Å². The third-order valence-electron chi connectivity index (χ3n) is 5.93. The predicted molar refractivity (Wildman–Crippen MR) is 79.1 cm³/mol. The number of hydrogen-bond donors (Lipinski definition) is 0. The number of esters is 1. The van der Waals surface area contributed by atoms with Crippen molar-refractivity contribution in [1.29, 1.82) is 0 Å². The monoisotopic (exact) mass is 326 g/mol. The van der Waals surface area contributed by atoms with Crippen molar-refractivity contribution in [1.82, 2.24) is 0 Å². The molecular weight excluding hydrogens is 300 g/mol. The van der Waals surface area contributed by atoms with Crippen molar-refractivity contribution >= 4 is 5.97 Å². The Kier molecular flexibility index (Phi) is 4.34. The van der Waals surface area contributed by atoms with Crippen LogP contribution in [0.4, 0.5) is 0 Å². The van der Waals surface area contributed by atoms with Crippen LogP contribution >= 0.6 is 0 Å². The molecule has 4 aliphatic rings. The molecule has 0 aromatic rings. The van der Waals surface area contributed by atoms with E-state index in [2.05, 4.69) is 0 Å². The van der Waals surface area contributed by atoms with Gasteiger partial charge in [-0.1, -0.05) is 0 Å². The third-order valence-corrected chi connectivity index (χ3v) is 5.93. The van der Waals surface area contributed by atoms with Gasteiger partial charge in [-0.25, -0.2) is 19.6 Å². The lowest BCUT2D eigenvalue weighted by atomic mass is 9.76. The molecule has 4 rings (SSSR count). The first-order valence-corrected chi connectivity index (χ1v) is 9.01. The maximum absolute atomic E-state index is 12.6. The summed E-state index contributed by atoms with van der Waals surface area (Å²) in [7, 11) is 0. The lowest BCUT2D eigenvalue weighted by Crippen LogP contribution is -2.42. The summed E-state index contributed by atoms with van der Waals surface area (Å²) in [5.74, 6) is -0.135. The molecule has 0 N–H and O–H groups in total. The fraction of sp³-hybridized carbons (Fsp3) is 0.941. The van der Waals surface area contributed by atoms with Crippen molar-refractivity contribution in [2.75, 3.05) is 13.2 Å². The molecule has 2 saturated heterocycles. The summed E-state index contributed by atoms with van der Waals surface area (Å²) in [6, 6.07) is 0. The standard InChI is InChI=1S/C17H26O6/c18-15(13-3-1-5-16(11-13)7-9-19-22-16)21-14-4-2-6-17(12-14)8-10-20-23-17/h13-14H,1-12H2. The zero-order valence-electron chi connectivity index (χ0n) is 13.6. The summed E-state index contributed by atoms with van der Waals surface area (Å²) >= 11 is 0. The minimum atomic E-state index is -0.252.